The number of carbonyl (C=O) groups excluding carboxylic acids is 1. The van der Waals surface area contributed by atoms with Crippen LogP contribution in [-0.4, -0.2) is 32.1 Å². The number of alkyl halides is 2. The third kappa shape index (κ3) is 9.57. The van der Waals surface area contributed by atoms with Gasteiger partial charge in [-0.3, -0.25) is 9.79 Å². The number of amides is 1. The van der Waals surface area contributed by atoms with E-state index >= 15 is 0 Å². The Balaban J connectivity index is 0.00000450. The van der Waals surface area contributed by atoms with Crippen LogP contribution in [0, 0.1) is 0 Å². The van der Waals surface area contributed by atoms with Crippen molar-refractivity contribution < 1.29 is 18.3 Å². The molecule has 0 aliphatic heterocycles. The molecule has 2 rings (SSSR count). The summed E-state index contributed by atoms with van der Waals surface area (Å²) in [5.41, 5.74) is 1.48. The Hall–Kier alpha value is -2.14. The molecule has 0 aliphatic carbocycles. The molecule has 0 aromatic heterocycles. The van der Waals surface area contributed by atoms with Gasteiger partial charge in [-0.25, -0.2) is 0 Å². The van der Waals surface area contributed by atoms with Crippen molar-refractivity contribution in [2.45, 2.75) is 26.1 Å². The van der Waals surface area contributed by atoms with Gasteiger partial charge in [-0.15, -0.1) is 24.0 Å². The van der Waals surface area contributed by atoms with Gasteiger partial charge in [-0.05, 0) is 23.8 Å². The Morgan fingerprint density at radius 1 is 1.10 bits per heavy atom. The van der Waals surface area contributed by atoms with Crippen LogP contribution in [0.25, 0.3) is 0 Å². The third-order valence-corrected chi connectivity index (χ3v) is 4.12. The van der Waals surface area contributed by atoms with Crippen LogP contribution >= 0.6 is 35.6 Å². The molecule has 6 nitrogen and oxygen atoms in total. The third-order valence-electron chi connectivity index (χ3n) is 3.89. The molecule has 0 heterocycles. The van der Waals surface area contributed by atoms with E-state index in [1.54, 1.807) is 7.05 Å². The summed E-state index contributed by atoms with van der Waals surface area (Å²) in [7, 11) is 1.57. The van der Waals surface area contributed by atoms with Gasteiger partial charge in [0.15, 0.2) is 5.96 Å². The fourth-order valence-electron chi connectivity index (χ4n) is 2.48. The van der Waals surface area contributed by atoms with E-state index < -0.39 is 6.61 Å². The van der Waals surface area contributed by atoms with Crippen LogP contribution in [0.3, 0.4) is 0 Å². The zero-order chi connectivity index (χ0) is 21.1. The van der Waals surface area contributed by atoms with Crippen molar-refractivity contribution in [2.24, 2.45) is 4.99 Å². The molecule has 0 bridgehead atoms. The number of guanidine groups is 1. The van der Waals surface area contributed by atoms with Crippen LogP contribution in [0.4, 0.5) is 8.78 Å². The Labute approximate surface area is 196 Å². The van der Waals surface area contributed by atoms with E-state index in [9.17, 15) is 13.6 Å². The Morgan fingerprint density at radius 3 is 2.50 bits per heavy atom. The molecule has 0 aliphatic rings. The van der Waals surface area contributed by atoms with Crippen molar-refractivity contribution in [1.82, 2.24) is 16.0 Å². The van der Waals surface area contributed by atoms with Gasteiger partial charge in [-0.2, -0.15) is 8.78 Å². The first-order valence-electron chi connectivity index (χ1n) is 8.96. The fraction of sp³-hybridized carbons (Fsp3) is 0.300. The van der Waals surface area contributed by atoms with Gasteiger partial charge < -0.3 is 20.7 Å². The monoisotopic (exact) mass is 552 g/mol. The number of aliphatic imine (C=N–C) groups is 1. The molecule has 0 radical (unpaired) electrons. The summed E-state index contributed by atoms with van der Waals surface area (Å²) in [5.74, 6) is 0.357. The predicted octanol–water partition coefficient (Wildman–Crippen LogP) is 3.93. The number of halogens is 4. The number of carbonyl (C=O) groups is 1. The standard InChI is InChI=1S/C20H23ClF2N4O2.HI/c1-24-20(25-10-9-18(28)26-12-14-5-3-2-4-6-14)27-13-15-11-16(21)7-8-17(15)29-19(22)23;/h2-8,11,19H,9-10,12-13H2,1H3,(H,26,28)(H2,24,25,27);1H. The number of nitrogens with zero attached hydrogens (tertiary/aromatic N) is 1. The number of rotatable bonds is 9. The lowest BCUT2D eigenvalue weighted by atomic mass is 10.2. The molecular weight excluding hydrogens is 529 g/mol. The molecule has 0 unspecified atom stereocenters. The predicted molar refractivity (Wildman–Crippen MR) is 125 cm³/mol. The van der Waals surface area contributed by atoms with Crippen LogP contribution < -0.4 is 20.7 Å². The van der Waals surface area contributed by atoms with Crippen molar-refractivity contribution in [3.8, 4) is 5.75 Å². The van der Waals surface area contributed by atoms with E-state index in [0.29, 0.717) is 29.6 Å². The molecule has 0 fully saturated rings. The molecule has 1 amide bonds. The van der Waals surface area contributed by atoms with Crippen LogP contribution in [0.2, 0.25) is 5.02 Å². The number of benzene rings is 2. The van der Waals surface area contributed by atoms with Crippen LogP contribution in [-0.2, 0) is 17.9 Å². The molecule has 164 valence electrons. The van der Waals surface area contributed by atoms with E-state index in [1.165, 1.54) is 18.2 Å². The molecule has 2 aromatic carbocycles. The summed E-state index contributed by atoms with van der Waals surface area (Å²) in [5, 5.41) is 9.22. The molecule has 30 heavy (non-hydrogen) atoms. The van der Waals surface area contributed by atoms with Gasteiger partial charge in [0.05, 0.1) is 0 Å². The molecule has 0 saturated heterocycles. The van der Waals surface area contributed by atoms with Crippen LogP contribution in [0.1, 0.15) is 17.5 Å². The van der Waals surface area contributed by atoms with Crippen molar-refractivity contribution in [1.29, 1.82) is 0 Å². The second kappa shape index (κ2) is 14.0. The van der Waals surface area contributed by atoms with Crippen LogP contribution in [0.15, 0.2) is 53.5 Å². The summed E-state index contributed by atoms with van der Waals surface area (Å²) < 4.78 is 29.6. The molecule has 0 saturated carbocycles. The SMILES string of the molecule is CN=C(NCCC(=O)NCc1ccccc1)NCc1cc(Cl)ccc1OC(F)F.I. The Bertz CT molecular complexity index is 826. The molecule has 10 heteroatoms. The lowest BCUT2D eigenvalue weighted by Crippen LogP contribution is -2.39. The van der Waals surface area contributed by atoms with E-state index in [-0.39, 0.29) is 48.6 Å². The highest BCUT2D eigenvalue weighted by Gasteiger charge is 2.11. The smallest absolute Gasteiger partial charge is 0.387 e. The quantitative estimate of drug-likeness (QED) is 0.250. The molecule has 0 spiro atoms. The maximum atomic E-state index is 12.5. The minimum absolute atomic E-state index is 0. The molecule has 3 N–H and O–H groups in total. The van der Waals surface area contributed by atoms with Crippen molar-refractivity contribution in [3.63, 3.8) is 0 Å². The normalized spacial score (nSPS) is 10.9. The minimum Gasteiger partial charge on any atom is -0.434 e. The number of hydrogen-bond acceptors (Lipinski definition) is 3. The minimum atomic E-state index is -2.93. The average molecular weight is 553 g/mol. The highest BCUT2D eigenvalue weighted by Crippen LogP contribution is 2.24. The van der Waals surface area contributed by atoms with Gasteiger partial charge in [0.1, 0.15) is 5.75 Å². The fourth-order valence-corrected chi connectivity index (χ4v) is 2.67. The van der Waals surface area contributed by atoms with Crippen molar-refractivity contribution >= 4 is 47.4 Å². The maximum absolute atomic E-state index is 12.5. The largest absolute Gasteiger partial charge is 0.434 e. The van der Waals surface area contributed by atoms with Gasteiger partial charge in [0.2, 0.25) is 5.91 Å². The lowest BCUT2D eigenvalue weighted by molar-refractivity contribution is -0.121. The zero-order valence-electron chi connectivity index (χ0n) is 16.3. The second-order valence-electron chi connectivity index (χ2n) is 6.00. The van der Waals surface area contributed by atoms with Gasteiger partial charge in [0, 0.05) is 43.7 Å². The number of ether oxygens (including phenoxy) is 1. The Morgan fingerprint density at radius 2 is 1.83 bits per heavy atom. The first-order valence-corrected chi connectivity index (χ1v) is 9.34. The number of nitrogens with one attached hydrogen (secondary N) is 3. The lowest BCUT2D eigenvalue weighted by Gasteiger charge is -2.15. The van der Waals surface area contributed by atoms with Gasteiger partial charge in [0.25, 0.3) is 0 Å². The molecular formula is C20H24ClF2IN4O2. The number of hydrogen-bond donors (Lipinski definition) is 3. The topological polar surface area (TPSA) is 74.8 Å². The first kappa shape index (κ1) is 25.9. The van der Waals surface area contributed by atoms with Gasteiger partial charge in [-0.1, -0.05) is 41.9 Å². The second-order valence-corrected chi connectivity index (χ2v) is 6.43. The van der Waals surface area contributed by atoms with Crippen LogP contribution in [0.5, 0.6) is 5.75 Å². The summed E-state index contributed by atoms with van der Waals surface area (Å²) >= 11 is 5.93. The van der Waals surface area contributed by atoms with E-state index in [1.807, 2.05) is 30.3 Å². The Kier molecular flexibility index (Phi) is 12.1. The molecule has 0 atom stereocenters. The summed E-state index contributed by atoms with van der Waals surface area (Å²) in [6.45, 7) is -1.94. The highest BCUT2D eigenvalue weighted by molar-refractivity contribution is 14.0. The highest BCUT2D eigenvalue weighted by atomic mass is 127. The van der Waals surface area contributed by atoms with E-state index in [4.69, 9.17) is 11.6 Å². The average Bonchev–Trinajstić information content (AvgIpc) is 2.71. The zero-order valence-corrected chi connectivity index (χ0v) is 19.4. The summed E-state index contributed by atoms with van der Waals surface area (Å²) in [6, 6.07) is 14.0. The summed E-state index contributed by atoms with van der Waals surface area (Å²) in [4.78, 5) is 16.0. The molecule has 2 aromatic rings. The van der Waals surface area contributed by atoms with E-state index in [2.05, 4.69) is 25.7 Å². The van der Waals surface area contributed by atoms with E-state index in [0.717, 1.165) is 5.56 Å². The van der Waals surface area contributed by atoms with Crippen molar-refractivity contribution in [3.05, 3.63) is 64.7 Å². The summed E-state index contributed by atoms with van der Waals surface area (Å²) in [6.07, 6.45) is 0.254. The first-order chi connectivity index (χ1) is 14.0. The maximum Gasteiger partial charge on any atom is 0.387 e. The van der Waals surface area contributed by atoms with Gasteiger partial charge >= 0.3 is 6.61 Å². The van der Waals surface area contributed by atoms with Crippen molar-refractivity contribution in [2.75, 3.05) is 13.6 Å².